The third-order valence-corrected chi connectivity index (χ3v) is 5.69. The van der Waals surface area contributed by atoms with Crippen LogP contribution in [0.15, 0.2) is 30.5 Å². The average molecular weight is 351 g/mol. The normalized spacial score (nSPS) is 21.9. The predicted molar refractivity (Wildman–Crippen MR) is 97.7 cm³/mol. The molecular formula is C20H22FN5. The van der Waals surface area contributed by atoms with E-state index in [1.54, 1.807) is 12.1 Å². The van der Waals surface area contributed by atoms with Gasteiger partial charge in [0.15, 0.2) is 11.5 Å². The molecule has 2 aliphatic carbocycles. The summed E-state index contributed by atoms with van der Waals surface area (Å²) in [6.45, 7) is 2.96. The zero-order valence-electron chi connectivity index (χ0n) is 14.8. The molecular weight excluding hydrogens is 329 g/mol. The maximum Gasteiger partial charge on any atom is 0.182 e. The summed E-state index contributed by atoms with van der Waals surface area (Å²) in [5.74, 6) is 2.67. The summed E-state index contributed by atoms with van der Waals surface area (Å²) in [6.07, 6.45) is 6.59. The zero-order chi connectivity index (χ0) is 17.7. The SMILES string of the molecule is Cc1c(NCC2CC2c2ccc(F)cc2)cnn2c(CC3CC3)nnc12. The minimum atomic E-state index is -0.173. The Kier molecular flexibility index (Phi) is 3.65. The smallest absolute Gasteiger partial charge is 0.182 e. The van der Waals surface area contributed by atoms with Crippen LogP contribution in [0.2, 0.25) is 0 Å². The average Bonchev–Trinajstić information content (AvgIpc) is 3.55. The van der Waals surface area contributed by atoms with Crippen molar-refractivity contribution in [2.75, 3.05) is 11.9 Å². The molecule has 6 heteroatoms. The summed E-state index contributed by atoms with van der Waals surface area (Å²) in [5.41, 5.74) is 4.18. The first-order chi connectivity index (χ1) is 12.7. The molecule has 2 atom stereocenters. The molecule has 134 valence electrons. The Morgan fingerprint density at radius 3 is 2.77 bits per heavy atom. The Labute approximate surface area is 151 Å². The number of halogens is 1. The van der Waals surface area contributed by atoms with Crippen LogP contribution in [0.1, 0.15) is 42.1 Å². The van der Waals surface area contributed by atoms with Gasteiger partial charge in [-0.2, -0.15) is 9.61 Å². The van der Waals surface area contributed by atoms with Crippen LogP contribution in [-0.2, 0) is 6.42 Å². The molecule has 0 bridgehead atoms. The Bertz CT molecular complexity index is 945. The Morgan fingerprint density at radius 1 is 1.19 bits per heavy atom. The molecule has 2 heterocycles. The summed E-state index contributed by atoms with van der Waals surface area (Å²) >= 11 is 0. The van der Waals surface area contributed by atoms with Gasteiger partial charge in [-0.25, -0.2) is 4.39 Å². The van der Waals surface area contributed by atoms with Gasteiger partial charge < -0.3 is 5.32 Å². The van der Waals surface area contributed by atoms with E-state index in [1.807, 2.05) is 22.8 Å². The maximum absolute atomic E-state index is 13.1. The number of anilines is 1. The number of nitrogens with zero attached hydrogens (tertiary/aromatic N) is 4. The molecule has 2 aromatic heterocycles. The predicted octanol–water partition coefficient (Wildman–Crippen LogP) is 3.74. The van der Waals surface area contributed by atoms with Crippen molar-refractivity contribution in [1.82, 2.24) is 19.8 Å². The summed E-state index contributed by atoms with van der Waals surface area (Å²) in [5, 5.41) is 16.8. The van der Waals surface area contributed by atoms with Crippen molar-refractivity contribution in [3.63, 3.8) is 0 Å². The van der Waals surface area contributed by atoms with Gasteiger partial charge >= 0.3 is 0 Å². The van der Waals surface area contributed by atoms with Gasteiger partial charge in [-0.05, 0) is 61.6 Å². The highest BCUT2D eigenvalue weighted by Crippen LogP contribution is 2.47. The van der Waals surface area contributed by atoms with Crippen LogP contribution in [-0.4, -0.2) is 26.4 Å². The molecule has 0 spiro atoms. The minimum absolute atomic E-state index is 0.173. The van der Waals surface area contributed by atoms with Gasteiger partial charge in [-0.3, -0.25) is 0 Å². The number of rotatable bonds is 6. The monoisotopic (exact) mass is 351 g/mol. The van der Waals surface area contributed by atoms with Gasteiger partial charge in [0.2, 0.25) is 0 Å². The highest BCUT2D eigenvalue weighted by Gasteiger charge is 2.38. The second kappa shape index (κ2) is 6.04. The first kappa shape index (κ1) is 15.7. The van der Waals surface area contributed by atoms with E-state index < -0.39 is 0 Å². The summed E-state index contributed by atoms with van der Waals surface area (Å²) in [6, 6.07) is 6.89. The topological polar surface area (TPSA) is 55.1 Å². The number of hydrogen-bond donors (Lipinski definition) is 1. The van der Waals surface area contributed by atoms with Crippen LogP contribution in [0, 0.1) is 24.6 Å². The molecule has 1 N–H and O–H groups in total. The molecule has 26 heavy (non-hydrogen) atoms. The standard InChI is InChI=1S/C20H22FN5/c1-12-18(11-23-26-19(8-13-2-3-13)24-25-20(12)26)22-10-15-9-17(15)14-4-6-16(21)7-5-14/h4-7,11,13,15,17,22H,2-3,8-10H2,1H3. The number of nitrogens with one attached hydrogen (secondary N) is 1. The lowest BCUT2D eigenvalue weighted by atomic mass is 10.1. The van der Waals surface area contributed by atoms with Crippen molar-refractivity contribution in [1.29, 1.82) is 0 Å². The lowest BCUT2D eigenvalue weighted by molar-refractivity contribution is 0.627. The molecule has 5 nitrogen and oxygen atoms in total. The first-order valence-electron chi connectivity index (χ1n) is 9.38. The van der Waals surface area contributed by atoms with Gasteiger partial charge in [0, 0.05) is 18.5 Å². The van der Waals surface area contributed by atoms with E-state index in [0.29, 0.717) is 11.8 Å². The van der Waals surface area contributed by atoms with E-state index in [-0.39, 0.29) is 5.82 Å². The molecule has 2 fully saturated rings. The number of benzene rings is 1. The number of fused-ring (bicyclic) bond motifs is 1. The van der Waals surface area contributed by atoms with Gasteiger partial charge in [-0.15, -0.1) is 10.2 Å². The highest BCUT2D eigenvalue weighted by molar-refractivity contribution is 5.61. The van der Waals surface area contributed by atoms with Gasteiger partial charge in [0.05, 0.1) is 11.9 Å². The summed E-state index contributed by atoms with van der Waals surface area (Å²) in [7, 11) is 0. The fourth-order valence-corrected chi connectivity index (χ4v) is 3.72. The summed E-state index contributed by atoms with van der Waals surface area (Å²) in [4.78, 5) is 0. The molecule has 1 aromatic carbocycles. The largest absolute Gasteiger partial charge is 0.383 e. The number of aryl methyl sites for hydroxylation is 1. The molecule has 2 unspecified atom stereocenters. The van der Waals surface area contributed by atoms with E-state index >= 15 is 0 Å². The van der Waals surface area contributed by atoms with Crippen molar-refractivity contribution in [2.24, 2.45) is 11.8 Å². The number of hydrogen-bond acceptors (Lipinski definition) is 4. The van der Waals surface area contributed by atoms with Crippen molar-refractivity contribution < 1.29 is 4.39 Å². The maximum atomic E-state index is 13.1. The minimum Gasteiger partial charge on any atom is -0.383 e. The molecule has 0 aliphatic heterocycles. The van der Waals surface area contributed by atoms with Crippen LogP contribution in [0.5, 0.6) is 0 Å². The third kappa shape index (κ3) is 2.93. The molecule has 3 aromatic rings. The molecule has 0 saturated heterocycles. The molecule has 0 amide bonds. The van der Waals surface area contributed by atoms with E-state index in [0.717, 1.165) is 48.0 Å². The lowest BCUT2D eigenvalue weighted by Crippen LogP contribution is -2.09. The summed E-state index contributed by atoms with van der Waals surface area (Å²) < 4.78 is 14.9. The Morgan fingerprint density at radius 2 is 2.00 bits per heavy atom. The quantitative estimate of drug-likeness (QED) is 0.735. The Hall–Kier alpha value is -2.50. The molecule has 5 rings (SSSR count). The zero-order valence-corrected chi connectivity index (χ0v) is 14.8. The second-order valence-corrected chi connectivity index (χ2v) is 7.72. The van der Waals surface area contributed by atoms with Crippen molar-refractivity contribution in [3.8, 4) is 0 Å². The van der Waals surface area contributed by atoms with E-state index in [1.165, 1.54) is 18.4 Å². The van der Waals surface area contributed by atoms with E-state index in [9.17, 15) is 4.39 Å². The van der Waals surface area contributed by atoms with Crippen LogP contribution in [0.3, 0.4) is 0 Å². The van der Waals surface area contributed by atoms with Crippen molar-refractivity contribution in [2.45, 2.75) is 38.5 Å². The van der Waals surface area contributed by atoms with Gasteiger partial charge in [-0.1, -0.05) is 12.1 Å². The number of aromatic nitrogens is 4. The van der Waals surface area contributed by atoms with Crippen molar-refractivity contribution in [3.05, 3.63) is 53.2 Å². The molecule has 2 aliphatic rings. The van der Waals surface area contributed by atoms with Gasteiger partial charge in [0.25, 0.3) is 0 Å². The van der Waals surface area contributed by atoms with Crippen molar-refractivity contribution >= 4 is 11.3 Å². The van der Waals surface area contributed by atoms with E-state index in [2.05, 4.69) is 27.5 Å². The van der Waals surface area contributed by atoms with Crippen LogP contribution < -0.4 is 5.32 Å². The first-order valence-corrected chi connectivity index (χ1v) is 9.38. The van der Waals surface area contributed by atoms with Crippen LogP contribution in [0.4, 0.5) is 10.1 Å². The van der Waals surface area contributed by atoms with Crippen LogP contribution >= 0.6 is 0 Å². The van der Waals surface area contributed by atoms with Crippen LogP contribution in [0.25, 0.3) is 5.65 Å². The fourth-order valence-electron chi connectivity index (χ4n) is 3.72. The van der Waals surface area contributed by atoms with E-state index in [4.69, 9.17) is 0 Å². The molecule has 2 saturated carbocycles. The Balaban J connectivity index is 1.26. The lowest BCUT2D eigenvalue weighted by Gasteiger charge is -2.10. The van der Waals surface area contributed by atoms with Gasteiger partial charge in [0.1, 0.15) is 5.82 Å². The third-order valence-electron chi connectivity index (χ3n) is 5.69. The highest BCUT2D eigenvalue weighted by atomic mass is 19.1. The molecule has 0 radical (unpaired) electrons. The second-order valence-electron chi connectivity index (χ2n) is 7.72. The fraction of sp³-hybridized carbons (Fsp3) is 0.450.